The Morgan fingerprint density at radius 1 is 1.19 bits per heavy atom. The lowest BCUT2D eigenvalue weighted by Gasteiger charge is -2.06. The third kappa shape index (κ3) is 5.12. The van der Waals surface area contributed by atoms with Crippen molar-refractivity contribution in [3.63, 3.8) is 0 Å². The Bertz CT molecular complexity index is 1290. The molecule has 0 unspecified atom stereocenters. The van der Waals surface area contributed by atoms with Crippen molar-refractivity contribution in [2.24, 2.45) is 0 Å². The highest BCUT2D eigenvalue weighted by molar-refractivity contribution is 7.98. The number of carbonyl (C=O) groups excluding carboxylic acids is 1. The van der Waals surface area contributed by atoms with Crippen molar-refractivity contribution >= 4 is 52.4 Å². The van der Waals surface area contributed by atoms with Crippen molar-refractivity contribution in [2.45, 2.75) is 22.2 Å². The highest BCUT2D eigenvalue weighted by Gasteiger charge is 2.15. The lowest BCUT2D eigenvalue weighted by Crippen LogP contribution is -2.28. The van der Waals surface area contributed by atoms with Crippen molar-refractivity contribution in [1.82, 2.24) is 19.2 Å². The molecule has 4 aromatic rings. The van der Waals surface area contributed by atoms with E-state index in [1.165, 1.54) is 16.2 Å². The standard InChI is InChI=1S/C21H18ClN5O2S2/c1-30-17-4-2-3-16(11-17)24-18(28)12-27-21(29)26-10-9-23-20(19(26)25-27)31-13-14-5-7-15(22)8-6-14/h2-11H,12-13H2,1H3,(H,24,28). The third-order valence-corrected chi connectivity index (χ3v) is 6.42. The molecule has 1 N–H and O–H groups in total. The van der Waals surface area contributed by atoms with E-state index in [0.29, 0.717) is 27.1 Å². The fraction of sp³-hybridized carbons (Fsp3) is 0.143. The molecular weight excluding hydrogens is 454 g/mol. The molecule has 7 nitrogen and oxygen atoms in total. The molecule has 0 bridgehead atoms. The second kappa shape index (κ2) is 9.59. The molecule has 31 heavy (non-hydrogen) atoms. The fourth-order valence-corrected chi connectivity index (χ4v) is 4.39. The smallest absolute Gasteiger partial charge is 0.324 e. The highest BCUT2D eigenvalue weighted by atomic mass is 35.5. The molecule has 1 amide bonds. The van der Waals surface area contributed by atoms with Crippen LogP contribution in [0.4, 0.5) is 5.69 Å². The Balaban J connectivity index is 1.51. The molecule has 0 fully saturated rings. The zero-order valence-electron chi connectivity index (χ0n) is 16.5. The van der Waals surface area contributed by atoms with Gasteiger partial charge in [0.2, 0.25) is 5.91 Å². The Kier molecular flexibility index (Phi) is 6.64. The number of aromatic nitrogens is 4. The molecule has 2 heterocycles. The second-order valence-electron chi connectivity index (χ2n) is 6.56. The van der Waals surface area contributed by atoms with Gasteiger partial charge in [0, 0.05) is 33.8 Å². The average molecular weight is 472 g/mol. The van der Waals surface area contributed by atoms with Crippen LogP contribution in [0.1, 0.15) is 5.56 Å². The van der Waals surface area contributed by atoms with Crippen LogP contribution in [-0.4, -0.2) is 31.3 Å². The molecule has 0 atom stereocenters. The van der Waals surface area contributed by atoms with Crippen molar-refractivity contribution in [3.05, 3.63) is 82.0 Å². The van der Waals surface area contributed by atoms with E-state index in [2.05, 4.69) is 15.4 Å². The van der Waals surface area contributed by atoms with E-state index in [-0.39, 0.29) is 12.5 Å². The van der Waals surface area contributed by atoms with Crippen LogP contribution < -0.4 is 11.0 Å². The van der Waals surface area contributed by atoms with Gasteiger partial charge >= 0.3 is 5.69 Å². The van der Waals surface area contributed by atoms with Crippen LogP contribution >= 0.6 is 35.1 Å². The number of thioether (sulfide) groups is 2. The van der Waals surface area contributed by atoms with E-state index >= 15 is 0 Å². The number of fused-ring (bicyclic) bond motifs is 1. The van der Waals surface area contributed by atoms with Gasteiger partial charge in [-0.15, -0.1) is 16.9 Å². The predicted molar refractivity (Wildman–Crippen MR) is 125 cm³/mol. The maximum atomic E-state index is 12.7. The summed E-state index contributed by atoms with van der Waals surface area (Å²) in [5.41, 5.74) is 1.78. The molecule has 0 aliphatic carbocycles. The van der Waals surface area contributed by atoms with Gasteiger partial charge in [-0.25, -0.2) is 18.9 Å². The zero-order chi connectivity index (χ0) is 21.8. The quantitative estimate of drug-likeness (QED) is 0.407. The van der Waals surface area contributed by atoms with Crippen LogP contribution in [0.25, 0.3) is 5.65 Å². The summed E-state index contributed by atoms with van der Waals surface area (Å²) in [6.45, 7) is -0.189. The van der Waals surface area contributed by atoms with Gasteiger partial charge < -0.3 is 5.32 Å². The topological polar surface area (TPSA) is 81.3 Å². The average Bonchev–Trinajstić information content (AvgIpc) is 3.09. The van der Waals surface area contributed by atoms with E-state index in [9.17, 15) is 9.59 Å². The van der Waals surface area contributed by atoms with E-state index in [0.717, 1.165) is 15.1 Å². The van der Waals surface area contributed by atoms with Crippen LogP contribution in [0.2, 0.25) is 5.02 Å². The number of carbonyl (C=O) groups is 1. The molecule has 158 valence electrons. The Morgan fingerprint density at radius 3 is 2.77 bits per heavy atom. The normalized spacial score (nSPS) is 11.0. The SMILES string of the molecule is CSc1cccc(NC(=O)Cn2nc3c(SCc4ccc(Cl)cc4)nccn3c2=O)c1. The molecule has 0 radical (unpaired) electrons. The first-order valence-electron chi connectivity index (χ1n) is 9.29. The second-order valence-corrected chi connectivity index (χ2v) is 8.84. The van der Waals surface area contributed by atoms with E-state index < -0.39 is 5.69 Å². The van der Waals surface area contributed by atoms with Crippen molar-refractivity contribution in [2.75, 3.05) is 11.6 Å². The summed E-state index contributed by atoms with van der Waals surface area (Å²) in [4.78, 5) is 30.6. The summed E-state index contributed by atoms with van der Waals surface area (Å²) in [6, 6.07) is 15.1. The number of anilines is 1. The lowest BCUT2D eigenvalue weighted by molar-refractivity contribution is -0.117. The first-order valence-corrected chi connectivity index (χ1v) is 11.9. The summed E-state index contributed by atoms with van der Waals surface area (Å²) in [7, 11) is 0. The van der Waals surface area contributed by atoms with E-state index in [1.807, 2.05) is 48.7 Å². The van der Waals surface area contributed by atoms with Crippen LogP contribution in [0.15, 0.2) is 75.6 Å². The number of hydrogen-bond donors (Lipinski definition) is 1. The van der Waals surface area contributed by atoms with Gasteiger partial charge in [-0.1, -0.05) is 41.6 Å². The third-order valence-electron chi connectivity index (χ3n) is 4.41. The first-order chi connectivity index (χ1) is 15.0. The molecule has 0 aliphatic heterocycles. The van der Waals surface area contributed by atoms with Gasteiger partial charge in [-0.2, -0.15) is 0 Å². The van der Waals surface area contributed by atoms with E-state index in [4.69, 9.17) is 11.6 Å². The van der Waals surface area contributed by atoms with Crippen LogP contribution in [-0.2, 0) is 17.1 Å². The lowest BCUT2D eigenvalue weighted by atomic mass is 10.2. The molecular formula is C21H18ClN5O2S2. The Labute approximate surface area is 191 Å². The van der Waals surface area contributed by atoms with Crippen molar-refractivity contribution in [1.29, 1.82) is 0 Å². The molecule has 4 rings (SSSR count). The Hall–Kier alpha value is -2.75. The minimum absolute atomic E-state index is 0.189. The maximum absolute atomic E-state index is 12.7. The largest absolute Gasteiger partial charge is 0.350 e. The molecule has 10 heteroatoms. The molecule has 0 aliphatic rings. The van der Waals surface area contributed by atoms with Crippen molar-refractivity contribution < 1.29 is 4.79 Å². The van der Waals surface area contributed by atoms with Gasteiger partial charge in [0.05, 0.1) is 0 Å². The number of hydrogen-bond acceptors (Lipinski definition) is 6. The van der Waals surface area contributed by atoms with Gasteiger partial charge in [-0.3, -0.25) is 4.79 Å². The number of nitrogens with zero attached hydrogens (tertiary/aromatic N) is 4. The summed E-state index contributed by atoms with van der Waals surface area (Å²) in [5, 5.41) is 8.45. The number of benzene rings is 2. The van der Waals surface area contributed by atoms with Crippen LogP contribution in [0, 0.1) is 0 Å². The van der Waals surface area contributed by atoms with Crippen LogP contribution in [0.5, 0.6) is 0 Å². The monoisotopic (exact) mass is 471 g/mol. The number of rotatable bonds is 7. The summed E-state index contributed by atoms with van der Waals surface area (Å²) >= 11 is 8.98. The van der Waals surface area contributed by atoms with Gasteiger partial charge in [0.15, 0.2) is 5.65 Å². The minimum Gasteiger partial charge on any atom is -0.324 e. The van der Waals surface area contributed by atoms with Crippen molar-refractivity contribution in [3.8, 4) is 0 Å². The van der Waals surface area contributed by atoms with Gasteiger partial charge in [-0.05, 0) is 42.2 Å². The summed E-state index contributed by atoms with van der Waals surface area (Å²) < 4.78 is 2.55. The number of amides is 1. The summed E-state index contributed by atoms with van der Waals surface area (Å²) in [6.07, 6.45) is 5.07. The summed E-state index contributed by atoms with van der Waals surface area (Å²) in [5.74, 6) is 0.323. The number of nitrogens with one attached hydrogen (secondary N) is 1. The molecule has 0 saturated heterocycles. The van der Waals surface area contributed by atoms with Gasteiger partial charge in [0.25, 0.3) is 0 Å². The zero-order valence-corrected chi connectivity index (χ0v) is 18.9. The van der Waals surface area contributed by atoms with Crippen LogP contribution in [0.3, 0.4) is 0 Å². The maximum Gasteiger partial charge on any atom is 0.350 e. The highest BCUT2D eigenvalue weighted by Crippen LogP contribution is 2.24. The Morgan fingerprint density at radius 2 is 2.00 bits per heavy atom. The molecule has 2 aromatic heterocycles. The predicted octanol–water partition coefficient (Wildman–Crippen LogP) is 4.20. The molecule has 2 aromatic carbocycles. The minimum atomic E-state index is -0.390. The molecule has 0 spiro atoms. The molecule has 0 saturated carbocycles. The first kappa shape index (κ1) is 21.5. The fourth-order valence-electron chi connectivity index (χ4n) is 2.90. The number of halogens is 1. The van der Waals surface area contributed by atoms with E-state index in [1.54, 1.807) is 30.2 Å². The van der Waals surface area contributed by atoms with Gasteiger partial charge in [0.1, 0.15) is 11.6 Å².